The molecule has 1 N–H and O–H groups in total. The Kier molecular flexibility index (Phi) is 3.73. The first-order chi connectivity index (χ1) is 10.9. The van der Waals surface area contributed by atoms with Crippen LogP contribution in [-0.2, 0) is 10.0 Å². The Morgan fingerprint density at radius 3 is 2.04 bits per heavy atom. The van der Waals surface area contributed by atoms with Crippen LogP contribution in [0.1, 0.15) is 0 Å². The topological polar surface area (TPSA) is 46.2 Å². The average molecular weight is 337 g/mol. The molecule has 7 heteroatoms. The van der Waals surface area contributed by atoms with Gasteiger partial charge in [-0.1, -0.05) is 30.3 Å². The molecule has 0 fully saturated rings. The van der Waals surface area contributed by atoms with Crippen LogP contribution >= 0.6 is 0 Å². The van der Waals surface area contributed by atoms with E-state index in [1.54, 1.807) is 18.2 Å². The summed E-state index contributed by atoms with van der Waals surface area (Å²) in [6.45, 7) is 0. The Balaban J connectivity index is 2.00. The minimum atomic E-state index is -4.06. The van der Waals surface area contributed by atoms with E-state index in [9.17, 15) is 21.6 Å². The Morgan fingerprint density at radius 1 is 0.783 bits per heavy atom. The maximum absolute atomic E-state index is 13.2. The Hall–Kier alpha value is -2.54. The zero-order chi connectivity index (χ0) is 16.6. The van der Waals surface area contributed by atoms with Crippen LogP contribution in [-0.4, -0.2) is 8.42 Å². The van der Waals surface area contributed by atoms with Gasteiger partial charge in [-0.3, -0.25) is 4.72 Å². The van der Waals surface area contributed by atoms with Crippen molar-refractivity contribution in [3.63, 3.8) is 0 Å². The molecule has 0 atom stereocenters. The summed E-state index contributed by atoms with van der Waals surface area (Å²) in [6, 6.07) is 12.7. The lowest BCUT2D eigenvalue weighted by Crippen LogP contribution is -2.13. The van der Waals surface area contributed by atoms with Crippen molar-refractivity contribution in [2.45, 2.75) is 4.90 Å². The van der Waals surface area contributed by atoms with Crippen molar-refractivity contribution in [2.75, 3.05) is 4.72 Å². The zero-order valence-corrected chi connectivity index (χ0v) is 12.4. The third-order valence-corrected chi connectivity index (χ3v) is 4.65. The monoisotopic (exact) mass is 337 g/mol. The minimum Gasteiger partial charge on any atom is -0.279 e. The van der Waals surface area contributed by atoms with Crippen LogP contribution in [0, 0.1) is 17.5 Å². The van der Waals surface area contributed by atoms with E-state index in [-0.39, 0.29) is 4.90 Å². The molecule has 0 saturated heterocycles. The molecule has 0 unspecified atom stereocenters. The molecule has 3 rings (SSSR count). The van der Waals surface area contributed by atoms with Gasteiger partial charge in [0, 0.05) is 12.1 Å². The zero-order valence-electron chi connectivity index (χ0n) is 11.6. The first kappa shape index (κ1) is 15.4. The van der Waals surface area contributed by atoms with E-state index < -0.39 is 33.2 Å². The quantitative estimate of drug-likeness (QED) is 0.733. The van der Waals surface area contributed by atoms with Crippen molar-refractivity contribution in [1.29, 1.82) is 0 Å². The molecule has 3 nitrogen and oxygen atoms in total. The highest BCUT2D eigenvalue weighted by Gasteiger charge is 2.17. The highest BCUT2D eigenvalue weighted by Crippen LogP contribution is 2.23. The molecule has 3 aromatic carbocycles. The van der Waals surface area contributed by atoms with Gasteiger partial charge in [-0.25, -0.2) is 21.6 Å². The molecule has 118 valence electrons. The van der Waals surface area contributed by atoms with E-state index in [1.807, 2.05) is 16.9 Å². The van der Waals surface area contributed by atoms with E-state index in [0.29, 0.717) is 17.5 Å². The van der Waals surface area contributed by atoms with E-state index in [4.69, 9.17) is 0 Å². The first-order valence-electron chi connectivity index (χ1n) is 6.53. The maximum atomic E-state index is 13.2. The molecule has 0 heterocycles. The van der Waals surface area contributed by atoms with Gasteiger partial charge in [0.2, 0.25) is 0 Å². The number of fused-ring (bicyclic) bond motifs is 1. The van der Waals surface area contributed by atoms with Crippen LogP contribution in [0.4, 0.5) is 18.9 Å². The molecule has 23 heavy (non-hydrogen) atoms. The fraction of sp³-hybridized carbons (Fsp3) is 0. The van der Waals surface area contributed by atoms with Crippen LogP contribution in [0.15, 0.2) is 59.5 Å². The number of sulfonamides is 1. The third kappa shape index (κ3) is 3.00. The molecule has 3 aromatic rings. The summed E-state index contributed by atoms with van der Waals surface area (Å²) in [7, 11) is -4.06. The second-order valence-corrected chi connectivity index (χ2v) is 6.55. The molecule has 0 spiro atoms. The van der Waals surface area contributed by atoms with Crippen LogP contribution in [0.25, 0.3) is 10.8 Å². The minimum absolute atomic E-state index is 0.0682. The third-order valence-electron chi connectivity index (χ3n) is 3.27. The normalized spacial score (nSPS) is 11.6. The second-order valence-electron chi connectivity index (χ2n) is 4.87. The van der Waals surface area contributed by atoms with Crippen LogP contribution < -0.4 is 4.72 Å². The van der Waals surface area contributed by atoms with E-state index in [2.05, 4.69) is 0 Å². The summed E-state index contributed by atoms with van der Waals surface area (Å²) in [5.74, 6) is -4.60. The van der Waals surface area contributed by atoms with Gasteiger partial charge in [-0.15, -0.1) is 0 Å². The number of hydrogen-bond donors (Lipinski definition) is 1. The number of rotatable bonds is 3. The molecule has 0 saturated carbocycles. The number of halogens is 3. The predicted molar refractivity (Wildman–Crippen MR) is 81.1 cm³/mol. The standard InChI is InChI=1S/C16H10F3NO2S/c17-14-8-12(9-15(18)16(14)19)20-23(21,22)13-6-5-10-3-1-2-4-11(10)7-13/h1-9,20H. The molecule has 0 aliphatic rings. The maximum Gasteiger partial charge on any atom is 0.261 e. The lowest BCUT2D eigenvalue weighted by Gasteiger charge is -2.09. The van der Waals surface area contributed by atoms with E-state index >= 15 is 0 Å². The molecule has 0 aliphatic heterocycles. The molecular formula is C16H10F3NO2S. The lowest BCUT2D eigenvalue weighted by molar-refractivity contribution is 0.448. The number of nitrogens with one attached hydrogen (secondary N) is 1. The van der Waals surface area contributed by atoms with Crippen molar-refractivity contribution < 1.29 is 21.6 Å². The van der Waals surface area contributed by atoms with Crippen LogP contribution in [0.5, 0.6) is 0 Å². The Bertz CT molecular complexity index is 980. The molecule has 0 aromatic heterocycles. The predicted octanol–water partition coefficient (Wildman–Crippen LogP) is 4.06. The van der Waals surface area contributed by atoms with Gasteiger partial charge in [-0.2, -0.15) is 0 Å². The van der Waals surface area contributed by atoms with Gasteiger partial charge in [0.25, 0.3) is 10.0 Å². The summed E-state index contributed by atoms with van der Waals surface area (Å²) >= 11 is 0. The van der Waals surface area contributed by atoms with Gasteiger partial charge in [-0.05, 0) is 22.9 Å². The average Bonchev–Trinajstić information content (AvgIpc) is 2.51. The Morgan fingerprint density at radius 2 is 1.39 bits per heavy atom. The molecular weight excluding hydrogens is 327 g/mol. The van der Waals surface area contributed by atoms with Crippen molar-refractivity contribution in [1.82, 2.24) is 0 Å². The molecule has 0 aliphatic carbocycles. The van der Waals surface area contributed by atoms with Crippen molar-refractivity contribution in [2.24, 2.45) is 0 Å². The summed E-state index contributed by atoms with van der Waals surface area (Å²) in [5, 5.41) is 1.55. The summed E-state index contributed by atoms with van der Waals surface area (Å²) < 4.78 is 65.9. The first-order valence-corrected chi connectivity index (χ1v) is 8.01. The van der Waals surface area contributed by atoms with Crippen molar-refractivity contribution >= 4 is 26.5 Å². The van der Waals surface area contributed by atoms with Gasteiger partial charge in [0.15, 0.2) is 17.5 Å². The van der Waals surface area contributed by atoms with Crippen molar-refractivity contribution in [3.05, 3.63) is 72.0 Å². The van der Waals surface area contributed by atoms with Gasteiger partial charge in [0.1, 0.15) is 0 Å². The van der Waals surface area contributed by atoms with Gasteiger partial charge in [0.05, 0.1) is 10.6 Å². The highest BCUT2D eigenvalue weighted by atomic mass is 32.2. The van der Waals surface area contributed by atoms with Gasteiger partial charge < -0.3 is 0 Å². The molecule has 0 radical (unpaired) electrons. The van der Waals surface area contributed by atoms with Crippen LogP contribution in [0.2, 0.25) is 0 Å². The number of benzene rings is 3. The largest absolute Gasteiger partial charge is 0.279 e. The van der Waals surface area contributed by atoms with Crippen molar-refractivity contribution in [3.8, 4) is 0 Å². The molecule has 0 amide bonds. The SMILES string of the molecule is O=S(=O)(Nc1cc(F)c(F)c(F)c1)c1ccc2ccccc2c1. The molecule has 0 bridgehead atoms. The van der Waals surface area contributed by atoms with E-state index in [1.165, 1.54) is 12.1 Å². The lowest BCUT2D eigenvalue weighted by atomic mass is 10.1. The fourth-order valence-electron chi connectivity index (χ4n) is 2.16. The van der Waals surface area contributed by atoms with Gasteiger partial charge >= 0.3 is 0 Å². The highest BCUT2D eigenvalue weighted by molar-refractivity contribution is 7.92. The Labute approximate surface area is 130 Å². The van der Waals surface area contributed by atoms with Crippen LogP contribution in [0.3, 0.4) is 0 Å². The van der Waals surface area contributed by atoms with E-state index in [0.717, 1.165) is 5.39 Å². The smallest absolute Gasteiger partial charge is 0.261 e. The number of anilines is 1. The number of hydrogen-bond acceptors (Lipinski definition) is 2. The summed E-state index contributed by atoms with van der Waals surface area (Å²) in [5.41, 5.74) is -0.394. The fourth-order valence-corrected chi connectivity index (χ4v) is 3.24. The summed E-state index contributed by atoms with van der Waals surface area (Å²) in [4.78, 5) is -0.0682. The summed E-state index contributed by atoms with van der Waals surface area (Å²) in [6.07, 6.45) is 0. The second kappa shape index (κ2) is 5.58.